The molecule has 1 aliphatic heterocycles. The van der Waals surface area contributed by atoms with E-state index in [1.807, 2.05) is 0 Å². The van der Waals surface area contributed by atoms with Crippen molar-refractivity contribution in [3.63, 3.8) is 0 Å². The zero-order chi connectivity index (χ0) is 11.0. The van der Waals surface area contributed by atoms with Gasteiger partial charge in [-0.15, -0.1) is 0 Å². The van der Waals surface area contributed by atoms with Gasteiger partial charge < -0.3 is 0 Å². The van der Waals surface area contributed by atoms with Crippen LogP contribution in [0, 0.1) is 11.8 Å². The zero-order valence-electron chi connectivity index (χ0n) is 9.30. The van der Waals surface area contributed by atoms with Crippen molar-refractivity contribution in [3.05, 3.63) is 11.1 Å². The molecule has 3 heteroatoms. The summed E-state index contributed by atoms with van der Waals surface area (Å²) in [7, 11) is 0. The lowest BCUT2D eigenvalue weighted by atomic mass is 9.77. The molecule has 0 bridgehead atoms. The number of hydrogen-bond donors (Lipinski definition) is 1. The Morgan fingerprint density at radius 2 is 1.93 bits per heavy atom. The van der Waals surface area contributed by atoms with E-state index in [9.17, 15) is 9.59 Å². The van der Waals surface area contributed by atoms with Crippen molar-refractivity contribution in [3.8, 4) is 0 Å². The lowest BCUT2D eigenvalue weighted by Gasteiger charge is -2.28. The molecule has 0 aromatic heterocycles. The number of carbonyl (C=O) groups excluding carboxylic acids is 2. The maximum atomic E-state index is 11.5. The van der Waals surface area contributed by atoms with Gasteiger partial charge in [0.25, 0.3) is 5.91 Å². The molecule has 2 unspecified atom stereocenters. The van der Waals surface area contributed by atoms with E-state index in [0.29, 0.717) is 12.3 Å². The summed E-state index contributed by atoms with van der Waals surface area (Å²) < 4.78 is 0. The topological polar surface area (TPSA) is 46.2 Å². The SMILES string of the molecule is CC1CCC(=C2CC(=O)NC2=O)CC1C. The van der Waals surface area contributed by atoms with Crippen LogP contribution in [-0.2, 0) is 9.59 Å². The number of nitrogens with one attached hydrogen (secondary N) is 1. The molecule has 15 heavy (non-hydrogen) atoms. The summed E-state index contributed by atoms with van der Waals surface area (Å²) in [4.78, 5) is 22.6. The molecule has 2 amide bonds. The highest BCUT2D eigenvalue weighted by atomic mass is 16.2. The van der Waals surface area contributed by atoms with Crippen molar-refractivity contribution in [1.29, 1.82) is 0 Å². The Balaban J connectivity index is 2.19. The van der Waals surface area contributed by atoms with E-state index < -0.39 is 0 Å². The number of allylic oxidation sites excluding steroid dienone is 1. The van der Waals surface area contributed by atoms with Gasteiger partial charge in [-0.3, -0.25) is 14.9 Å². The van der Waals surface area contributed by atoms with Gasteiger partial charge in [0.05, 0.1) is 6.42 Å². The Bertz CT molecular complexity index is 344. The van der Waals surface area contributed by atoms with Crippen molar-refractivity contribution in [2.75, 3.05) is 0 Å². The van der Waals surface area contributed by atoms with Gasteiger partial charge in [-0.2, -0.15) is 0 Å². The summed E-state index contributed by atoms with van der Waals surface area (Å²) in [5.41, 5.74) is 1.96. The lowest BCUT2D eigenvalue weighted by molar-refractivity contribution is -0.124. The number of hydrogen-bond acceptors (Lipinski definition) is 2. The van der Waals surface area contributed by atoms with E-state index in [1.165, 1.54) is 5.57 Å². The zero-order valence-corrected chi connectivity index (χ0v) is 9.30. The molecule has 0 spiro atoms. The second-order valence-corrected chi connectivity index (χ2v) is 4.83. The molecule has 2 aliphatic rings. The van der Waals surface area contributed by atoms with Crippen molar-refractivity contribution in [2.24, 2.45) is 11.8 Å². The third kappa shape index (κ3) is 1.96. The molecule has 82 valence electrons. The fourth-order valence-electron chi connectivity index (χ4n) is 2.43. The molecular formula is C12H17NO2. The quantitative estimate of drug-likeness (QED) is 0.486. The van der Waals surface area contributed by atoms with E-state index in [-0.39, 0.29) is 11.8 Å². The second-order valence-electron chi connectivity index (χ2n) is 4.83. The van der Waals surface area contributed by atoms with E-state index in [1.54, 1.807) is 0 Å². The number of amides is 2. The van der Waals surface area contributed by atoms with Crippen molar-refractivity contribution in [2.45, 2.75) is 39.5 Å². The van der Waals surface area contributed by atoms with Crippen LogP contribution in [0.25, 0.3) is 0 Å². The Kier molecular flexibility index (Phi) is 2.63. The van der Waals surface area contributed by atoms with Gasteiger partial charge in [-0.25, -0.2) is 0 Å². The molecule has 0 aromatic rings. The van der Waals surface area contributed by atoms with Crippen LogP contribution in [0.5, 0.6) is 0 Å². The molecule has 1 saturated heterocycles. The molecule has 0 radical (unpaired) electrons. The largest absolute Gasteiger partial charge is 0.292 e. The predicted molar refractivity (Wildman–Crippen MR) is 57.0 cm³/mol. The standard InChI is InChI=1S/C12H17NO2/c1-7-3-4-9(5-8(7)2)10-6-11(14)13-12(10)15/h7-8H,3-6H2,1-2H3,(H,13,14,15). The van der Waals surface area contributed by atoms with Crippen LogP contribution in [0.2, 0.25) is 0 Å². The molecular weight excluding hydrogens is 190 g/mol. The van der Waals surface area contributed by atoms with E-state index in [0.717, 1.165) is 30.8 Å². The third-order valence-electron chi connectivity index (χ3n) is 3.73. The minimum absolute atomic E-state index is 0.145. The molecule has 1 heterocycles. The first-order valence-electron chi connectivity index (χ1n) is 5.63. The minimum Gasteiger partial charge on any atom is -0.292 e. The Labute approximate surface area is 89.9 Å². The van der Waals surface area contributed by atoms with E-state index in [2.05, 4.69) is 19.2 Å². The van der Waals surface area contributed by atoms with Crippen LogP contribution in [0.3, 0.4) is 0 Å². The molecule has 2 atom stereocenters. The molecule has 1 N–H and O–H groups in total. The van der Waals surface area contributed by atoms with E-state index in [4.69, 9.17) is 0 Å². The molecule has 3 nitrogen and oxygen atoms in total. The minimum atomic E-state index is -0.156. The normalized spacial score (nSPS) is 36.9. The molecule has 2 fully saturated rings. The van der Waals surface area contributed by atoms with Crippen LogP contribution in [-0.4, -0.2) is 11.8 Å². The smallest absolute Gasteiger partial charge is 0.254 e. The Morgan fingerprint density at radius 3 is 2.47 bits per heavy atom. The first-order chi connectivity index (χ1) is 7.08. The van der Waals surface area contributed by atoms with Crippen LogP contribution >= 0.6 is 0 Å². The van der Waals surface area contributed by atoms with Gasteiger partial charge in [0.2, 0.25) is 5.91 Å². The summed E-state index contributed by atoms with van der Waals surface area (Å²) in [6.45, 7) is 4.48. The summed E-state index contributed by atoms with van der Waals surface area (Å²) in [6, 6.07) is 0. The maximum absolute atomic E-state index is 11.5. The highest BCUT2D eigenvalue weighted by molar-refractivity contribution is 6.13. The van der Waals surface area contributed by atoms with Crippen LogP contribution < -0.4 is 5.32 Å². The Hall–Kier alpha value is -1.12. The average Bonchev–Trinajstić information content (AvgIpc) is 2.50. The first kappa shape index (κ1) is 10.4. The van der Waals surface area contributed by atoms with Crippen molar-refractivity contribution in [1.82, 2.24) is 5.32 Å². The maximum Gasteiger partial charge on any atom is 0.254 e. The highest BCUT2D eigenvalue weighted by Gasteiger charge is 2.30. The van der Waals surface area contributed by atoms with Crippen LogP contribution in [0.1, 0.15) is 39.5 Å². The fraction of sp³-hybridized carbons (Fsp3) is 0.667. The highest BCUT2D eigenvalue weighted by Crippen LogP contribution is 2.35. The second kappa shape index (κ2) is 3.80. The summed E-state index contributed by atoms with van der Waals surface area (Å²) in [6.07, 6.45) is 3.41. The molecule has 1 saturated carbocycles. The van der Waals surface area contributed by atoms with Gasteiger partial charge in [-0.1, -0.05) is 19.4 Å². The number of rotatable bonds is 0. The Morgan fingerprint density at radius 1 is 1.20 bits per heavy atom. The molecule has 2 rings (SSSR count). The van der Waals surface area contributed by atoms with E-state index >= 15 is 0 Å². The number of imide groups is 1. The van der Waals surface area contributed by atoms with Gasteiger partial charge in [0.1, 0.15) is 0 Å². The monoisotopic (exact) mass is 207 g/mol. The summed E-state index contributed by atoms with van der Waals surface area (Å²) >= 11 is 0. The van der Waals surface area contributed by atoms with Gasteiger partial charge in [-0.05, 0) is 31.1 Å². The average molecular weight is 207 g/mol. The van der Waals surface area contributed by atoms with Gasteiger partial charge >= 0.3 is 0 Å². The lowest BCUT2D eigenvalue weighted by Crippen LogP contribution is -2.21. The predicted octanol–water partition coefficient (Wildman–Crippen LogP) is 1.79. The molecule has 1 aliphatic carbocycles. The van der Waals surface area contributed by atoms with Gasteiger partial charge in [0.15, 0.2) is 0 Å². The van der Waals surface area contributed by atoms with Crippen LogP contribution in [0.15, 0.2) is 11.1 Å². The first-order valence-corrected chi connectivity index (χ1v) is 5.63. The third-order valence-corrected chi connectivity index (χ3v) is 3.73. The summed E-state index contributed by atoms with van der Waals surface area (Å²) in [5, 5.41) is 2.35. The number of carbonyl (C=O) groups is 2. The summed E-state index contributed by atoms with van der Waals surface area (Å²) in [5.74, 6) is 1.06. The van der Waals surface area contributed by atoms with Crippen molar-refractivity contribution >= 4 is 11.8 Å². The van der Waals surface area contributed by atoms with Crippen molar-refractivity contribution < 1.29 is 9.59 Å². The molecule has 0 aromatic carbocycles. The van der Waals surface area contributed by atoms with Crippen LogP contribution in [0.4, 0.5) is 0 Å². The van der Waals surface area contributed by atoms with Gasteiger partial charge in [0, 0.05) is 5.57 Å². The fourth-order valence-corrected chi connectivity index (χ4v) is 2.43.